The van der Waals surface area contributed by atoms with Gasteiger partial charge in [0.2, 0.25) is 11.8 Å². The highest BCUT2D eigenvalue weighted by atomic mass is 35.5. The minimum atomic E-state index is 0.104. The van der Waals surface area contributed by atoms with E-state index in [1.54, 1.807) is 11.3 Å². The molecule has 118 valence electrons. The molecule has 4 nitrogen and oxygen atoms in total. The van der Waals surface area contributed by atoms with Crippen LogP contribution in [0.25, 0.3) is 0 Å². The number of thiophene rings is 1. The summed E-state index contributed by atoms with van der Waals surface area (Å²) >= 11 is 7.70. The Morgan fingerprint density at radius 2 is 2.04 bits per heavy atom. The van der Waals surface area contributed by atoms with Gasteiger partial charge in [-0.3, -0.25) is 4.90 Å². The van der Waals surface area contributed by atoms with Crippen LogP contribution in [0.2, 0.25) is 4.34 Å². The Hall–Kier alpha value is -1.69. The molecule has 0 spiro atoms. The Labute approximate surface area is 143 Å². The van der Waals surface area contributed by atoms with Crippen LogP contribution >= 0.6 is 22.9 Å². The van der Waals surface area contributed by atoms with Gasteiger partial charge in [0.1, 0.15) is 0 Å². The molecule has 2 aromatic heterocycles. The normalized spacial score (nSPS) is 18.1. The Morgan fingerprint density at radius 3 is 2.74 bits per heavy atom. The number of aromatic nitrogens is 2. The first kappa shape index (κ1) is 14.9. The summed E-state index contributed by atoms with van der Waals surface area (Å²) in [5.74, 6) is 1.30. The highest BCUT2D eigenvalue weighted by Gasteiger charge is 2.31. The van der Waals surface area contributed by atoms with Crippen molar-refractivity contribution in [1.82, 2.24) is 15.1 Å². The van der Waals surface area contributed by atoms with E-state index in [9.17, 15) is 0 Å². The van der Waals surface area contributed by atoms with Crippen molar-refractivity contribution in [1.29, 1.82) is 0 Å². The summed E-state index contributed by atoms with van der Waals surface area (Å²) in [6.45, 7) is 3.53. The largest absolute Gasteiger partial charge is 0.424 e. The molecule has 0 unspecified atom stereocenters. The fourth-order valence-corrected chi connectivity index (χ4v) is 4.18. The molecule has 0 saturated carbocycles. The summed E-state index contributed by atoms with van der Waals surface area (Å²) in [4.78, 5) is 3.63. The van der Waals surface area contributed by atoms with Crippen LogP contribution < -0.4 is 0 Å². The molecule has 0 fully saturated rings. The van der Waals surface area contributed by atoms with Gasteiger partial charge in [-0.25, -0.2) is 0 Å². The average Bonchev–Trinajstić information content (AvgIpc) is 3.15. The van der Waals surface area contributed by atoms with Crippen molar-refractivity contribution in [3.05, 3.63) is 68.5 Å². The highest BCUT2D eigenvalue weighted by Crippen LogP contribution is 2.35. The quantitative estimate of drug-likeness (QED) is 0.706. The van der Waals surface area contributed by atoms with Gasteiger partial charge in [0.05, 0.1) is 10.4 Å². The van der Waals surface area contributed by atoms with Gasteiger partial charge in [0.25, 0.3) is 0 Å². The number of hydrogen-bond donors (Lipinski definition) is 0. The number of hydrogen-bond acceptors (Lipinski definition) is 5. The predicted octanol–water partition coefficient (Wildman–Crippen LogP) is 4.39. The standard InChI is InChI=1S/C17H16ClN3OS/c1-11-19-20-17(22-11)15-8-12-4-2-3-5-13(12)9-21(15)10-14-6-7-16(18)23-14/h2-7,15H,8-10H2,1H3/t15-/m0/s1. The summed E-state index contributed by atoms with van der Waals surface area (Å²) in [6.07, 6.45) is 0.886. The monoisotopic (exact) mass is 345 g/mol. The van der Waals surface area contributed by atoms with Gasteiger partial charge in [-0.2, -0.15) is 0 Å². The number of nitrogens with zero attached hydrogens (tertiary/aromatic N) is 3. The fourth-order valence-electron chi connectivity index (χ4n) is 3.07. The first-order valence-corrected chi connectivity index (χ1v) is 8.73. The summed E-state index contributed by atoms with van der Waals surface area (Å²) in [7, 11) is 0. The second-order valence-corrected chi connectivity index (χ2v) is 7.56. The van der Waals surface area contributed by atoms with Gasteiger partial charge in [-0.05, 0) is 29.7 Å². The van der Waals surface area contributed by atoms with Crippen LogP contribution in [0.5, 0.6) is 0 Å². The number of benzene rings is 1. The Bertz CT molecular complexity index is 829. The van der Waals surface area contributed by atoms with Crippen molar-refractivity contribution < 1.29 is 4.42 Å². The second-order valence-electron chi connectivity index (χ2n) is 5.76. The maximum Gasteiger partial charge on any atom is 0.233 e. The summed E-state index contributed by atoms with van der Waals surface area (Å²) in [5.41, 5.74) is 2.72. The van der Waals surface area contributed by atoms with Crippen LogP contribution in [-0.2, 0) is 19.5 Å². The lowest BCUT2D eigenvalue weighted by atomic mass is 9.94. The van der Waals surface area contributed by atoms with E-state index in [2.05, 4.69) is 45.4 Å². The van der Waals surface area contributed by atoms with Crippen LogP contribution in [0.15, 0.2) is 40.8 Å². The predicted molar refractivity (Wildman–Crippen MR) is 90.5 cm³/mol. The Kier molecular flexibility index (Phi) is 3.93. The van der Waals surface area contributed by atoms with Crippen molar-refractivity contribution in [3.8, 4) is 0 Å². The third kappa shape index (κ3) is 3.04. The Morgan fingerprint density at radius 1 is 1.22 bits per heavy atom. The zero-order valence-corrected chi connectivity index (χ0v) is 14.3. The number of halogens is 1. The average molecular weight is 346 g/mol. The minimum absolute atomic E-state index is 0.104. The SMILES string of the molecule is Cc1nnc([C@@H]2Cc3ccccc3CN2Cc2ccc(Cl)s2)o1. The van der Waals surface area contributed by atoms with Crippen LogP contribution in [0.3, 0.4) is 0 Å². The Balaban J connectivity index is 1.68. The zero-order valence-electron chi connectivity index (χ0n) is 12.7. The molecule has 3 heterocycles. The maximum absolute atomic E-state index is 6.08. The van der Waals surface area contributed by atoms with Crippen LogP contribution in [0.1, 0.15) is 33.8 Å². The van der Waals surface area contributed by atoms with Crippen LogP contribution in [0, 0.1) is 6.92 Å². The fraction of sp³-hybridized carbons (Fsp3) is 0.294. The van der Waals surface area contributed by atoms with E-state index in [1.165, 1.54) is 16.0 Å². The molecule has 0 radical (unpaired) electrons. The molecule has 0 N–H and O–H groups in total. The van der Waals surface area contributed by atoms with E-state index in [-0.39, 0.29) is 6.04 Å². The van der Waals surface area contributed by atoms with Crippen molar-refractivity contribution in [2.24, 2.45) is 0 Å². The first-order chi connectivity index (χ1) is 11.2. The van der Waals surface area contributed by atoms with Crippen LogP contribution in [0.4, 0.5) is 0 Å². The third-order valence-corrected chi connectivity index (χ3v) is 5.38. The molecule has 6 heteroatoms. The summed E-state index contributed by atoms with van der Waals surface area (Å²) in [5, 5.41) is 8.26. The topological polar surface area (TPSA) is 42.2 Å². The molecule has 0 bridgehead atoms. The molecule has 23 heavy (non-hydrogen) atoms. The van der Waals surface area contributed by atoms with Gasteiger partial charge in [-0.1, -0.05) is 35.9 Å². The van der Waals surface area contributed by atoms with Crippen molar-refractivity contribution in [2.75, 3.05) is 0 Å². The molecule has 0 saturated heterocycles. The molecule has 1 aromatic carbocycles. The number of aryl methyl sites for hydroxylation is 1. The van der Waals surface area contributed by atoms with Crippen molar-refractivity contribution >= 4 is 22.9 Å². The first-order valence-electron chi connectivity index (χ1n) is 7.54. The van der Waals surface area contributed by atoms with Crippen molar-refractivity contribution in [2.45, 2.75) is 32.5 Å². The lowest BCUT2D eigenvalue weighted by molar-refractivity contribution is 0.138. The number of fused-ring (bicyclic) bond motifs is 1. The summed E-state index contributed by atoms with van der Waals surface area (Å²) < 4.78 is 6.55. The van der Waals surface area contributed by atoms with Gasteiger partial charge in [0, 0.05) is 24.9 Å². The molecular formula is C17H16ClN3OS. The molecule has 4 rings (SSSR count). The van der Waals surface area contributed by atoms with Gasteiger partial charge in [0.15, 0.2) is 0 Å². The van der Waals surface area contributed by atoms with E-state index in [0.717, 1.165) is 23.8 Å². The maximum atomic E-state index is 6.08. The van der Waals surface area contributed by atoms with E-state index in [1.807, 2.05) is 13.0 Å². The minimum Gasteiger partial charge on any atom is -0.424 e. The lowest BCUT2D eigenvalue weighted by Crippen LogP contribution is -2.33. The molecule has 1 atom stereocenters. The van der Waals surface area contributed by atoms with E-state index >= 15 is 0 Å². The van der Waals surface area contributed by atoms with Crippen molar-refractivity contribution in [3.63, 3.8) is 0 Å². The van der Waals surface area contributed by atoms with Gasteiger partial charge < -0.3 is 4.42 Å². The van der Waals surface area contributed by atoms with Gasteiger partial charge in [-0.15, -0.1) is 21.5 Å². The molecule has 3 aromatic rings. The molecule has 0 aliphatic carbocycles. The molecule has 1 aliphatic rings. The van der Waals surface area contributed by atoms with Gasteiger partial charge >= 0.3 is 0 Å². The second kappa shape index (κ2) is 6.07. The van der Waals surface area contributed by atoms with Crippen LogP contribution in [-0.4, -0.2) is 15.1 Å². The lowest BCUT2D eigenvalue weighted by Gasteiger charge is -2.34. The van der Waals surface area contributed by atoms with E-state index in [4.69, 9.17) is 16.0 Å². The third-order valence-electron chi connectivity index (χ3n) is 4.16. The summed E-state index contributed by atoms with van der Waals surface area (Å²) in [6, 6.07) is 12.7. The van der Waals surface area contributed by atoms with E-state index < -0.39 is 0 Å². The molecule has 0 amide bonds. The number of rotatable bonds is 3. The smallest absolute Gasteiger partial charge is 0.233 e. The highest BCUT2D eigenvalue weighted by molar-refractivity contribution is 7.16. The van der Waals surface area contributed by atoms with E-state index in [0.29, 0.717) is 11.8 Å². The molecular weight excluding hydrogens is 330 g/mol. The zero-order chi connectivity index (χ0) is 15.8. The molecule has 1 aliphatic heterocycles.